The number of hydrogen-bond donors (Lipinski definition) is 1. The van der Waals surface area contributed by atoms with E-state index in [2.05, 4.69) is 5.32 Å². The van der Waals surface area contributed by atoms with Crippen molar-refractivity contribution in [3.05, 3.63) is 53.6 Å². The molecule has 5 nitrogen and oxygen atoms in total. The zero-order valence-corrected chi connectivity index (χ0v) is 16.1. The highest BCUT2D eigenvalue weighted by atomic mass is 19.4. The summed E-state index contributed by atoms with van der Waals surface area (Å²) in [5.74, 6) is 0.0222. The normalized spacial score (nSPS) is 11.5. The van der Waals surface area contributed by atoms with E-state index in [0.29, 0.717) is 22.4 Å². The second-order valence-electron chi connectivity index (χ2n) is 6.43. The van der Waals surface area contributed by atoms with Crippen LogP contribution in [-0.2, 0) is 11.0 Å². The maximum absolute atomic E-state index is 13.2. The molecule has 0 aliphatic rings. The van der Waals surface area contributed by atoms with E-state index in [-0.39, 0.29) is 24.7 Å². The van der Waals surface area contributed by atoms with Gasteiger partial charge in [0.15, 0.2) is 0 Å². The van der Waals surface area contributed by atoms with Crippen LogP contribution in [0.2, 0.25) is 0 Å². The van der Waals surface area contributed by atoms with Crippen molar-refractivity contribution in [3.8, 4) is 11.8 Å². The summed E-state index contributed by atoms with van der Waals surface area (Å²) in [4.78, 5) is 11.7. The molecular formula is C20H17F6N3O2. The molecule has 0 aliphatic heterocycles. The van der Waals surface area contributed by atoms with E-state index >= 15 is 0 Å². The average molecular weight is 445 g/mol. The summed E-state index contributed by atoms with van der Waals surface area (Å²) in [6, 6.07) is 9.81. The number of nitrogens with one attached hydrogen (secondary N) is 1. The molecule has 0 atom stereocenters. The highest BCUT2D eigenvalue weighted by molar-refractivity contribution is 5.88. The van der Waals surface area contributed by atoms with Crippen molar-refractivity contribution < 1.29 is 35.9 Å². The second kappa shape index (κ2) is 9.59. The van der Waals surface area contributed by atoms with E-state index in [9.17, 15) is 31.1 Å². The summed E-state index contributed by atoms with van der Waals surface area (Å²) >= 11 is 0. The molecule has 31 heavy (non-hydrogen) atoms. The largest absolute Gasteiger partial charge is 0.492 e. The van der Waals surface area contributed by atoms with Gasteiger partial charge in [-0.25, -0.2) is 0 Å². The van der Waals surface area contributed by atoms with Crippen LogP contribution < -0.4 is 15.0 Å². The molecule has 0 saturated heterocycles. The lowest BCUT2D eigenvalue weighted by Crippen LogP contribution is -2.37. The fourth-order valence-electron chi connectivity index (χ4n) is 2.69. The molecule has 0 heterocycles. The first-order valence-electron chi connectivity index (χ1n) is 8.82. The zero-order chi connectivity index (χ0) is 23.2. The summed E-state index contributed by atoms with van der Waals surface area (Å²) in [5, 5.41) is 11.4. The van der Waals surface area contributed by atoms with Gasteiger partial charge in [-0.15, -0.1) is 0 Å². The Morgan fingerprint density at radius 1 is 1.10 bits per heavy atom. The first-order chi connectivity index (χ1) is 14.4. The van der Waals surface area contributed by atoms with Gasteiger partial charge in [-0.05, 0) is 42.5 Å². The maximum Gasteiger partial charge on any atom is 0.417 e. The predicted molar refractivity (Wildman–Crippen MR) is 101 cm³/mol. The summed E-state index contributed by atoms with van der Waals surface area (Å²) in [5.41, 5.74) is -1.84. The van der Waals surface area contributed by atoms with E-state index in [1.54, 1.807) is 0 Å². The number of carbonyl (C=O) groups excluding carboxylic acids is 1. The highest BCUT2D eigenvalue weighted by Gasteiger charge is 2.36. The molecule has 0 bridgehead atoms. The van der Waals surface area contributed by atoms with Gasteiger partial charge in [-0.3, -0.25) is 4.79 Å². The standard InChI is InChI=1S/C20H17F6N3O2/c1-13(30)28-15-3-6-17(7-4-15)31-9-8-29(12-19(21,22)23)16-5-2-14(11-27)18(10-16)20(24,25)26/h2-7,10H,8-9,12H2,1H3,(H,28,30). The van der Waals surface area contributed by atoms with E-state index in [1.807, 2.05) is 0 Å². The number of rotatable bonds is 7. The van der Waals surface area contributed by atoms with Gasteiger partial charge in [0.2, 0.25) is 5.91 Å². The number of halogens is 6. The van der Waals surface area contributed by atoms with Gasteiger partial charge in [-0.1, -0.05) is 0 Å². The number of hydrogen-bond acceptors (Lipinski definition) is 4. The van der Waals surface area contributed by atoms with E-state index in [4.69, 9.17) is 10.00 Å². The van der Waals surface area contributed by atoms with Crippen molar-refractivity contribution in [2.45, 2.75) is 19.3 Å². The Bertz CT molecular complexity index is 949. The SMILES string of the molecule is CC(=O)Nc1ccc(OCCN(CC(F)(F)F)c2ccc(C#N)c(C(F)(F)F)c2)cc1. The quantitative estimate of drug-likeness (QED) is 0.611. The fourth-order valence-corrected chi connectivity index (χ4v) is 2.69. The van der Waals surface area contributed by atoms with Gasteiger partial charge in [0.05, 0.1) is 23.7 Å². The second-order valence-corrected chi connectivity index (χ2v) is 6.43. The Balaban J connectivity index is 2.16. The first kappa shape index (κ1) is 23.9. The highest BCUT2D eigenvalue weighted by Crippen LogP contribution is 2.35. The minimum Gasteiger partial charge on any atom is -0.492 e. The Morgan fingerprint density at radius 2 is 1.74 bits per heavy atom. The van der Waals surface area contributed by atoms with Crippen molar-refractivity contribution in [1.82, 2.24) is 0 Å². The molecule has 0 saturated carbocycles. The molecule has 166 valence electrons. The Labute approximate surface area is 173 Å². The number of anilines is 2. The predicted octanol–water partition coefficient (Wildman–Crippen LogP) is 4.98. The molecule has 0 aliphatic carbocycles. The first-order valence-corrected chi connectivity index (χ1v) is 8.82. The summed E-state index contributed by atoms with van der Waals surface area (Å²) in [6.45, 7) is -0.791. The number of amides is 1. The van der Waals surface area contributed by atoms with Crippen molar-refractivity contribution in [2.75, 3.05) is 29.9 Å². The number of benzene rings is 2. The minimum absolute atomic E-state index is 0.253. The van der Waals surface area contributed by atoms with Crippen LogP contribution in [0.25, 0.3) is 0 Å². The van der Waals surface area contributed by atoms with Crippen LogP contribution in [0.15, 0.2) is 42.5 Å². The molecule has 11 heteroatoms. The van der Waals surface area contributed by atoms with Crippen LogP contribution in [0.3, 0.4) is 0 Å². The van der Waals surface area contributed by atoms with Gasteiger partial charge in [-0.2, -0.15) is 31.6 Å². The van der Waals surface area contributed by atoms with Crippen molar-refractivity contribution in [3.63, 3.8) is 0 Å². The Hall–Kier alpha value is -3.42. The molecule has 2 rings (SSSR count). The van der Waals surface area contributed by atoms with E-state index in [0.717, 1.165) is 12.1 Å². The van der Waals surface area contributed by atoms with Gasteiger partial charge < -0.3 is 15.0 Å². The van der Waals surface area contributed by atoms with Crippen LogP contribution in [-0.4, -0.2) is 31.8 Å². The molecule has 1 N–H and O–H groups in total. The summed E-state index contributed by atoms with van der Waals surface area (Å²) in [6.07, 6.45) is -9.57. The van der Waals surface area contributed by atoms with Gasteiger partial charge in [0, 0.05) is 18.3 Å². The van der Waals surface area contributed by atoms with Crippen LogP contribution in [0.1, 0.15) is 18.1 Å². The molecule has 0 unspecified atom stereocenters. The molecule has 2 aromatic carbocycles. The molecule has 0 aromatic heterocycles. The molecule has 1 amide bonds. The number of alkyl halides is 6. The van der Waals surface area contributed by atoms with Crippen molar-refractivity contribution in [1.29, 1.82) is 5.26 Å². The lowest BCUT2D eigenvalue weighted by atomic mass is 10.1. The number of carbonyl (C=O) groups is 1. The third kappa shape index (κ3) is 7.40. The Morgan fingerprint density at radius 3 is 2.26 bits per heavy atom. The molecule has 0 radical (unpaired) electrons. The smallest absolute Gasteiger partial charge is 0.417 e. The third-order valence-electron chi connectivity index (χ3n) is 3.97. The van der Waals surface area contributed by atoms with Crippen LogP contribution >= 0.6 is 0 Å². The summed E-state index contributed by atoms with van der Waals surface area (Å²) < 4.78 is 83.8. The fraction of sp³-hybridized carbons (Fsp3) is 0.300. The monoisotopic (exact) mass is 445 g/mol. The number of nitrogens with zero attached hydrogens (tertiary/aromatic N) is 2. The van der Waals surface area contributed by atoms with Crippen LogP contribution in [0.4, 0.5) is 37.7 Å². The number of nitriles is 1. The maximum atomic E-state index is 13.2. The van der Waals surface area contributed by atoms with Gasteiger partial charge >= 0.3 is 12.4 Å². The Kier molecular flexibility index (Phi) is 7.38. The van der Waals surface area contributed by atoms with Gasteiger partial charge in [0.1, 0.15) is 18.9 Å². The molecular weight excluding hydrogens is 428 g/mol. The van der Waals surface area contributed by atoms with Crippen LogP contribution in [0, 0.1) is 11.3 Å². The zero-order valence-electron chi connectivity index (χ0n) is 16.1. The summed E-state index contributed by atoms with van der Waals surface area (Å²) in [7, 11) is 0. The minimum atomic E-state index is -4.89. The molecule has 2 aromatic rings. The average Bonchev–Trinajstić information content (AvgIpc) is 2.66. The topological polar surface area (TPSA) is 65.4 Å². The van der Waals surface area contributed by atoms with Crippen molar-refractivity contribution in [2.24, 2.45) is 0 Å². The lowest BCUT2D eigenvalue weighted by molar-refractivity contribution is -0.137. The van der Waals surface area contributed by atoms with E-state index in [1.165, 1.54) is 37.3 Å². The van der Waals surface area contributed by atoms with Crippen LogP contribution in [0.5, 0.6) is 5.75 Å². The molecule has 0 fully saturated rings. The molecule has 0 spiro atoms. The lowest BCUT2D eigenvalue weighted by Gasteiger charge is -2.27. The third-order valence-corrected chi connectivity index (χ3v) is 3.97. The number of ether oxygens (including phenoxy) is 1. The van der Waals surface area contributed by atoms with Gasteiger partial charge in [0.25, 0.3) is 0 Å². The van der Waals surface area contributed by atoms with E-state index < -0.39 is 30.0 Å². The van der Waals surface area contributed by atoms with Crippen molar-refractivity contribution >= 4 is 17.3 Å².